The summed E-state index contributed by atoms with van der Waals surface area (Å²) in [6.07, 6.45) is 0. The van der Waals surface area contributed by atoms with Gasteiger partial charge in [0.2, 0.25) is 0 Å². The summed E-state index contributed by atoms with van der Waals surface area (Å²) in [4.78, 5) is 0. The van der Waals surface area contributed by atoms with E-state index < -0.39 is 0 Å². The van der Waals surface area contributed by atoms with Gasteiger partial charge in [0.15, 0.2) is 0 Å². The maximum absolute atomic E-state index is 7.03. The van der Waals surface area contributed by atoms with Crippen molar-refractivity contribution in [3.63, 3.8) is 0 Å². The number of hydrogen-bond acceptors (Lipinski definition) is 1. The van der Waals surface area contributed by atoms with Gasteiger partial charge in [-0.25, -0.2) is 0 Å². The molecule has 0 unspecified atom stereocenters. The van der Waals surface area contributed by atoms with Gasteiger partial charge in [0, 0.05) is 5.56 Å². The zero-order valence-electron chi connectivity index (χ0n) is 5.26. The molecule has 0 atom stereocenters. The van der Waals surface area contributed by atoms with Crippen LogP contribution in [0.3, 0.4) is 0 Å². The van der Waals surface area contributed by atoms with Crippen molar-refractivity contribution < 1.29 is 0 Å². The third-order valence-corrected chi connectivity index (χ3v) is 1.38. The molecule has 10 heavy (non-hydrogen) atoms. The lowest BCUT2D eigenvalue weighted by atomic mass is 9.95. The Balaban J connectivity index is 3.00. The fourth-order valence-electron chi connectivity index (χ4n) is 0.629. The van der Waals surface area contributed by atoms with Crippen LogP contribution in [0.1, 0.15) is 5.56 Å². The Morgan fingerprint density at radius 3 is 2.20 bits per heavy atom. The Labute approximate surface area is 65.9 Å². The molecule has 0 heterocycles. The first-order valence-corrected chi connectivity index (χ1v) is 3.18. The molecule has 2 radical (unpaired) electrons. The molecule has 0 spiro atoms. The Morgan fingerprint density at radius 1 is 1.30 bits per heavy atom. The Kier molecular flexibility index (Phi) is 2.12. The highest BCUT2D eigenvalue weighted by molar-refractivity contribution is 6.68. The molecule has 1 rings (SSSR count). The van der Waals surface area contributed by atoms with E-state index in [1.807, 2.05) is 0 Å². The molecule has 48 valence electrons. The number of nitrogens with one attached hydrogen (secondary N) is 1. The number of rotatable bonds is 1. The zero-order chi connectivity index (χ0) is 7.56. The van der Waals surface area contributed by atoms with E-state index in [1.165, 1.54) is 0 Å². The standard InChI is InChI=1S/C7H5BClN/c8-6-3-1-5(2-4-6)7(9)10/h1-4,10H. The molecule has 0 saturated heterocycles. The Bertz CT molecular complexity index is 242. The predicted octanol–water partition coefficient (Wildman–Crippen LogP) is 1.04. The lowest BCUT2D eigenvalue weighted by Gasteiger charge is -1.95. The molecule has 0 aromatic heterocycles. The summed E-state index contributed by atoms with van der Waals surface area (Å²) < 4.78 is 0. The minimum atomic E-state index is 0.0417. The molecule has 0 bridgehead atoms. The van der Waals surface area contributed by atoms with Gasteiger partial charge >= 0.3 is 0 Å². The van der Waals surface area contributed by atoms with Crippen LogP contribution in [0.15, 0.2) is 24.3 Å². The fraction of sp³-hybridized carbons (Fsp3) is 0. The minimum absolute atomic E-state index is 0.0417. The zero-order valence-corrected chi connectivity index (χ0v) is 6.02. The molecule has 0 amide bonds. The third kappa shape index (κ3) is 1.61. The molecule has 0 aliphatic carbocycles. The van der Waals surface area contributed by atoms with Crippen LogP contribution < -0.4 is 5.46 Å². The van der Waals surface area contributed by atoms with Crippen molar-refractivity contribution in [3.8, 4) is 0 Å². The smallest absolute Gasteiger partial charge is 0.128 e. The summed E-state index contributed by atoms with van der Waals surface area (Å²) >= 11 is 5.40. The Morgan fingerprint density at radius 2 is 1.80 bits per heavy atom. The van der Waals surface area contributed by atoms with E-state index in [0.717, 1.165) is 0 Å². The van der Waals surface area contributed by atoms with Gasteiger partial charge in [0.25, 0.3) is 0 Å². The summed E-state index contributed by atoms with van der Waals surface area (Å²) in [5.74, 6) is 0. The average molecular weight is 149 g/mol. The van der Waals surface area contributed by atoms with Crippen molar-refractivity contribution >= 4 is 30.1 Å². The van der Waals surface area contributed by atoms with Gasteiger partial charge in [-0.1, -0.05) is 41.3 Å². The molecule has 1 N–H and O–H groups in total. The van der Waals surface area contributed by atoms with Gasteiger partial charge in [-0.15, -0.1) is 0 Å². The molecule has 0 aliphatic heterocycles. The second kappa shape index (κ2) is 2.89. The summed E-state index contributed by atoms with van der Waals surface area (Å²) in [7, 11) is 5.41. The molecule has 1 nitrogen and oxygen atoms in total. The van der Waals surface area contributed by atoms with Gasteiger partial charge in [-0.05, 0) is 0 Å². The second-order valence-electron chi connectivity index (χ2n) is 1.94. The van der Waals surface area contributed by atoms with Gasteiger partial charge in [-0.3, -0.25) is 5.41 Å². The van der Waals surface area contributed by atoms with Crippen LogP contribution in [-0.2, 0) is 0 Å². The SMILES string of the molecule is [B]c1ccc(C(=N)Cl)cc1. The largest absolute Gasteiger partial charge is 0.289 e. The first-order chi connectivity index (χ1) is 4.70. The molecule has 1 aromatic carbocycles. The molecular weight excluding hydrogens is 144 g/mol. The molecule has 1 aromatic rings. The van der Waals surface area contributed by atoms with Gasteiger partial charge in [0.1, 0.15) is 13.0 Å². The van der Waals surface area contributed by atoms with Gasteiger partial charge in [0.05, 0.1) is 0 Å². The number of halogens is 1. The topological polar surface area (TPSA) is 23.9 Å². The number of benzene rings is 1. The molecule has 3 heteroatoms. The first kappa shape index (κ1) is 7.35. The minimum Gasteiger partial charge on any atom is -0.289 e. The van der Waals surface area contributed by atoms with Crippen molar-refractivity contribution in [1.29, 1.82) is 5.41 Å². The van der Waals surface area contributed by atoms with Crippen molar-refractivity contribution in [3.05, 3.63) is 29.8 Å². The van der Waals surface area contributed by atoms with E-state index in [9.17, 15) is 0 Å². The summed E-state index contributed by atoms with van der Waals surface area (Å²) in [6.45, 7) is 0. The van der Waals surface area contributed by atoms with E-state index in [0.29, 0.717) is 11.0 Å². The number of hydrogen-bond donors (Lipinski definition) is 1. The van der Waals surface area contributed by atoms with Crippen LogP contribution >= 0.6 is 11.6 Å². The maximum atomic E-state index is 7.03. The van der Waals surface area contributed by atoms with Crippen molar-refractivity contribution in [2.75, 3.05) is 0 Å². The van der Waals surface area contributed by atoms with Gasteiger partial charge in [-0.2, -0.15) is 0 Å². The van der Waals surface area contributed by atoms with Gasteiger partial charge < -0.3 is 0 Å². The predicted molar refractivity (Wildman–Crippen MR) is 44.5 cm³/mol. The highest BCUT2D eigenvalue weighted by atomic mass is 35.5. The van der Waals surface area contributed by atoms with E-state index in [2.05, 4.69) is 0 Å². The van der Waals surface area contributed by atoms with Crippen LogP contribution in [0.25, 0.3) is 0 Å². The first-order valence-electron chi connectivity index (χ1n) is 2.80. The molecule has 0 aliphatic rings. The average Bonchev–Trinajstić information content (AvgIpc) is 1.88. The van der Waals surface area contributed by atoms with Crippen LogP contribution in [0, 0.1) is 5.41 Å². The summed E-state index contributed by atoms with van der Waals surface area (Å²) in [5.41, 5.74) is 1.37. The van der Waals surface area contributed by atoms with Crippen molar-refractivity contribution in [2.45, 2.75) is 0 Å². The van der Waals surface area contributed by atoms with Crippen molar-refractivity contribution in [2.24, 2.45) is 0 Å². The second-order valence-corrected chi connectivity index (χ2v) is 2.31. The van der Waals surface area contributed by atoms with Crippen LogP contribution in [0.4, 0.5) is 0 Å². The highest BCUT2D eigenvalue weighted by Gasteiger charge is 1.93. The summed E-state index contributed by atoms with van der Waals surface area (Å²) in [6, 6.07) is 6.86. The van der Waals surface area contributed by atoms with Crippen LogP contribution in [0.5, 0.6) is 0 Å². The molecular formula is C7H5BClN. The lowest BCUT2D eigenvalue weighted by molar-refractivity contribution is 1.53. The quantitative estimate of drug-likeness (QED) is 0.456. The molecule has 0 saturated carbocycles. The third-order valence-electron chi connectivity index (χ3n) is 1.16. The summed E-state index contributed by atoms with van der Waals surface area (Å²) in [5, 5.41) is 7.07. The monoisotopic (exact) mass is 149 g/mol. The van der Waals surface area contributed by atoms with Crippen LogP contribution in [-0.4, -0.2) is 13.0 Å². The molecule has 0 fully saturated rings. The van der Waals surface area contributed by atoms with E-state index >= 15 is 0 Å². The lowest BCUT2D eigenvalue weighted by Crippen LogP contribution is -2.01. The van der Waals surface area contributed by atoms with Crippen LogP contribution in [0.2, 0.25) is 0 Å². The maximum Gasteiger partial charge on any atom is 0.128 e. The van der Waals surface area contributed by atoms with Crippen molar-refractivity contribution in [1.82, 2.24) is 0 Å². The Hall–Kier alpha value is -0.755. The van der Waals surface area contributed by atoms with E-state index in [-0.39, 0.29) is 5.17 Å². The normalized spacial score (nSPS) is 9.30. The highest BCUT2D eigenvalue weighted by Crippen LogP contribution is 1.99. The fourth-order valence-corrected chi connectivity index (χ4v) is 0.755. The van der Waals surface area contributed by atoms with E-state index in [4.69, 9.17) is 24.9 Å². The van der Waals surface area contributed by atoms with E-state index in [1.54, 1.807) is 24.3 Å².